The third kappa shape index (κ3) is 3.12. The van der Waals surface area contributed by atoms with E-state index in [0.29, 0.717) is 5.75 Å². The summed E-state index contributed by atoms with van der Waals surface area (Å²) < 4.78 is 6.23. The van der Waals surface area contributed by atoms with E-state index in [9.17, 15) is 4.79 Å². The number of carboxylic acids is 1. The summed E-state index contributed by atoms with van der Waals surface area (Å²) in [6.07, 6.45) is 1.03. The first-order chi connectivity index (χ1) is 9.75. The Morgan fingerprint density at radius 1 is 1.33 bits per heavy atom. The number of fused-ring (bicyclic) bond motifs is 1. The van der Waals surface area contributed by atoms with Crippen molar-refractivity contribution in [2.24, 2.45) is 0 Å². The van der Waals surface area contributed by atoms with Crippen molar-refractivity contribution in [1.29, 1.82) is 0 Å². The van der Waals surface area contributed by atoms with E-state index in [1.54, 1.807) is 11.8 Å². The highest BCUT2D eigenvalue weighted by atomic mass is 32.2. The van der Waals surface area contributed by atoms with E-state index in [-0.39, 0.29) is 12.0 Å². The minimum Gasteiger partial charge on any atom is -0.486 e. The SMILES string of the molecule is Cc1c(C)c2c(c(C)c1N)CC(C)(CSCCC(=O)O)O2. The normalized spacial score (nSPS) is 20.2. The van der Waals surface area contributed by atoms with Crippen molar-refractivity contribution in [3.05, 3.63) is 22.3 Å². The van der Waals surface area contributed by atoms with Gasteiger partial charge in [0.2, 0.25) is 0 Å². The van der Waals surface area contributed by atoms with Gasteiger partial charge in [0.05, 0.1) is 6.42 Å². The molecule has 0 spiro atoms. The van der Waals surface area contributed by atoms with Crippen LogP contribution in [-0.2, 0) is 11.2 Å². The molecule has 4 nitrogen and oxygen atoms in total. The van der Waals surface area contributed by atoms with Crippen LogP contribution in [0.3, 0.4) is 0 Å². The zero-order valence-corrected chi connectivity index (χ0v) is 13.9. The molecule has 0 aromatic heterocycles. The van der Waals surface area contributed by atoms with Gasteiger partial charge in [0.1, 0.15) is 11.4 Å². The lowest BCUT2D eigenvalue weighted by atomic mass is 9.93. The molecule has 0 aliphatic carbocycles. The number of carbonyl (C=O) groups is 1. The number of carboxylic acid groups (broad SMARTS) is 1. The first kappa shape index (κ1) is 16.0. The van der Waals surface area contributed by atoms with Gasteiger partial charge in [0, 0.05) is 29.2 Å². The molecule has 1 heterocycles. The standard InChI is InChI=1S/C16H23NO3S/c1-9-10(2)15-12(11(3)14(9)17)7-16(4,20-15)8-21-6-5-13(18)19/h5-8,17H2,1-4H3,(H,18,19). The topological polar surface area (TPSA) is 72.6 Å². The molecule has 1 aromatic rings. The van der Waals surface area contributed by atoms with E-state index in [4.69, 9.17) is 15.6 Å². The Bertz CT molecular complexity index is 547. The largest absolute Gasteiger partial charge is 0.486 e. The molecule has 1 aliphatic heterocycles. The number of hydrogen-bond donors (Lipinski definition) is 2. The van der Waals surface area contributed by atoms with Crippen LogP contribution in [0.25, 0.3) is 0 Å². The Labute approximate surface area is 130 Å². The molecule has 5 heteroatoms. The van der Waals surface area contributed by atoms with Crippen LogP contribution >= 0.6 is 11.8 Å². The summed E-state index contributed by atoms with van der Waals surface area (Å²) in [4.78, 5) is 10.6. The highest BCUT2D eigenvalue weighted by Gasteiger charge is 2.37. The average molecular weight is 309 g/mol. The number of thioether (sulfide) groups is 1. The second-order valence-electron chi connectivity index (χ2n) is 6.02. The number of nitrogens with two attached hydrogens (primary N) is 1. The molecule has 1 aromatic carbocycles. The third-order valence-corrected chi connectivity index (χ3v) is 5.51. The van der Waals surface area contributed by atoms with Crippen molar-refractivity contribution in [3.63, 3.8) is 0 Å². The van der Waals surface area contributed by atoms with Crippen LogP contribution in [0.2, 0.25) is 0 Å². The van der Waals surface area contributed by atoms with Crippen molar-refractivity contribution < 1.29 is 14.6 Å². The third-order valence-electron chi connectivity index (χ3n) is 4.20. The predicted octanol–water partition coefficient (Wildman–Crippen LogP) is 3.10. The Morgan fingerprint density at radius 2 is 2.00 bits per heavy atom. The smallest absolute Gasteiger partial charge is 0.304 e. The minimum absolute atomic E-state index is 0.192. The first-order valence-electron chi connectivity index (χ1n) is 7.12. The lowest BCUT2D eigenvalue weighted by Gasteiger charge is -2.24. The van der Waals surface area contributed by atoms with Gasteiger partial charge in [-0.1, -0.05) is 0 Å². The summed E-state index contributed by atoms with van der Waals surface area (Å²) in [5.41, 5.74) is 11.3. The first-order valence-corrected chi connectivity index (χ1v) is 8.27. The van der Waals surface area contributed by atoms with Crippen LogP contribution in [0, 0.1) is 20.8 Å². The molecule has 1 unspecified atom stereocenters. The van der Waals surface area contributed by atoms with E-state index in [1.807, 2.05) is 20.8 Å². The second kappa shape index (κ2) is 5.79. The van der Waals surface area contributed by atoms with Gasteiger partial charge in [-0.05, 0) is 44.4 Å². The zero-order valence-electron chi connectivity index (χ0n) is 13.1. The number of anilines is 1. The maximum Gasteiger partial charge on any atom is 0.304 e. The maximum atomic E-state index is 10.6. The van der Waals surface area contributed by atoms with Crippen molar-refractivity contribution in [2.45, 2.75) is 46.1 Å². The van der Waals surface area contributed by atoms with Crippen molar-refractivity contribution >= 4 is 23.4 Å². The van der Waals surface area contributed by atoms with Crippen molar-refractivity contribution in [3.8, 4) is 5.75 Å². The van der Waals surface area contributed by atoms with Crippen LogP contribution in [0.5, 0.6) is 5.75 Å². The van der Waals surface area contributed by atoms with Gasteiger partial charge in [0.25, 0.3) is 0 Å². The molecule has 2 rings (SSSR count). The van der Waals surface area contributed by atoms with Gasteiger partial charge in [-0.15, -0.1) is 0 Å². The lowest BCUT2D eigenvalue weighted by molar-refractivity contribution is -0.136. The molecule has 1 atom stereocenters. The van der Waals surface area contributed by atoms with Crippen LogP contribution in [0.1, 0.15) is 35.6 Å². The molecule has 0 saturated carbocycles. The van der Waals surface area contributed by atoms with Gasteiger partial charge in [-0.3, -0.25) is 4.79 Å². The van der Waals surface area contributed by atoms with Gasteiger partial charge < -0.3 is 15.6 Å². The van der Waals surface area contributed by atoms with E-state index in [0.717, 1.165) is 40.3 Å². The number of hydrogen-bond acceptors (Lipinski definition) is 4. The van der Waals surface area contributed by atoms with Gasteiger partial charge in [-0.25, -0.2) is 0 Å². The Balaban J connectivity index is 2.13. The summed E-state index contributed by atoms with van der Waals surface area (Å²) in [5.74, 6) is 1.62. The number of nitrogen functional groups attached to an aromatic ring is 1. The van der Waals surface area contributed by atoms with Crippen LogP contribution in [-0.4, -0.2) is 28.2 Å². The molecular formula is C16H23NO3S. The number of aliphatic carboxylic acids is 1. The Kier molecular flexibility index (Phi) is 4.42. The van der Waals surface area contributed by atoms with Gasteiger partial charge in [-0.2, -0.15) is 11.8 Å². The van der Waals surface area contributed by atoms with Crippen LogP contribution in [0.15, 0.2) is 0 Å². The lowest BCUT2D eigenvalue weighted by Crippen LogP contribution is -2.33. The summed E-state index contributed by atoms with van der Waals surface area (Å²) in [6.45, 7) is 8.21. The Hall–Kier alpha value is -1.36. The van der Waals surface area contributed by atoms with Crippen LogP contribution < -0.4 is 10.5 Å². The molecule has 0 amide bonds. The highest BCUT2D eigenvalue weighted by Crippen LogP contribution is 2.44. The molecule has 21 heavy (non-hydrogen) atoms. The monoisotopic (exact) mass is 309 g/mol. The van der Waals surface area contributed by atoms with E-state index in [1.165, 1.54) is 5.56 Å². The summed E-state index contributed by atoms with van der Waals surface area (Å²) in [7, 11) is 0. The second-order valence-corrected chi connectivity index (χ2v) is 7.13. The molecule has 3 N–H and O–H groups in total. The molecule has 0 bridgehead atoms. The minimum atomic E-state index is -0.752. The fourth-order valence-electron chi connectivity index (χ4n) is 2.75. The molecule has 1 aliphatic rings. The summed E-state index contributed by atoms with van der Waals surface area (Å²) in [6, 6.07) is 0. The van der Waals surface area contributed by atoms with E-state index >= 15 is 0 Å². The Morgan fingerprint density at radius 3 is 2.62 bits per heavy atom. The van der Waals surface area contributed by atoms with Crippen molar-refractivity contribution in [2.75, 3.05) is 17.2 Å². The highest BCUT2D eigenvalue weighted by molar-refractivity contribution is 7.99. The molecule has 0 saturated heterocycles. The fraction of sp³-hybridized carbons (Fsp3) is 0.562. The average Bonchev–Trinajstić information content (AvgIpc) is 2.78. The molecule has 116 valence electrons. The molecular weight excluding hydrogens is 286 g/mol. The number of benzene rings is 1. The number of rotatable bonds is 5. The number of ether oxygens (including phenoxy) is 1. The predicted molar refractivity (Wildman–Crippen MR) is 87.4 cm³/mol. The fourth-order valence-corrected chi connectivity index (χ4v) is 3.80. The van der Waals surface area contributed by atoms with Crippen molar-refractivity contribution in [1.82, 2.24) is 0 Å². The van der Waals surface area contributed by atoms with Gasteiger partial charge >= 0.3 is 5.97 Å². The van der Waals surface area contributed by atoms with Gasteiger partial charge in [0.15, 0.2) is 0 Å². The quantitative estimate of drug-likeness (QED) is 0.646. The molecule has 0 radical (unpaired) electrons. The zero-order chi connectivity index (χ0) is 15.8. The maximum absolute atomic E-state index is 10.6. The van der Waals surface area contributed by atoms with Crippen LogP contribution in [0.4, 0.5) is 5.69 Å². The molecule has 0 fully saturated rings. The van der Waals surface area contributed by atoms with E-state index in [2.05, 4.69) is 6.92 Å². The summed E-state index contributed by atoms with van der Waals surface area (Å²) in [5, 5.41) is 8.69. The summed E-state index contributed by atoms with van der Waals surface area (Å²) >= 11 is 1.63. The van der Waals surface area contributed by atoms with E-state index < -0.39 is 5.97 Å².